The predicted octanol–water partition coefficient (Wildman–Crippen LogP) is 1.97. The number of H-pyrrole nitrogens is 1. The SMILES string of the molecule is OC(O)(O)c1[nH]c(=S)n2c1C1C[C@]1(c1cc(Br)ccc1F)C2. The summed E-state index contributed by atoms with van der Waals surface area (Å²) in [6, 6.07) is 4.80. The monoisotopic (exact) mass is 386 g/mol. The molecule has 2 aromatic rings. The first-order valence-electron chi connectivity index (χ1n) is 6.70. The molecule has 1 aromatic carbocycles. The molecule has 1 aliphatic heterocycles. The van der Waals surface area contributed by atoms with Crippen molar-refractivity contribution in [1.82, 2.24) is 9.55 Å². The highest BCUT2D eigenvalue weighted by molar-refractivity contribution is 9.10. The Bertz CT molecular complexity index is 857. The molecule has 22 heavy (non-hydrogen) atoms. The van der Waals surface area contributed by atoms with Crippen molar-refractivity contribution < 1.29 is 19.7 Å². The maximum Gasteiger partial charge on any atom is 0.321 e. The maximum atomic E-state index is 14.2. The number of imidazole rings is 1. The van der Waals surface area contributed by atoms with Crippen LogP contribution < -0.4 is 0 Å². The molecule has 116 valence electrons. The fourth-order valence-electron chi connectivity index (χ4n) is 3.64. The van der Waals surface area contributed by atoms with E-state index in [2.05, 4.69) is 20.9 Å². The first kappa shape index (κ1) is 14.5. The summed E-state index contributed by atoms with van der Waals surface area (Å²) in [5, 5.41) is 28.5. The van der Waals surface area contributed by atoms with Crippen molar-refractivity contribution in [2.24, 2.45) is 0 Å². The highest BCUT2D eigenvalue weighted by atomic mass is 79.9. The lowest BCUT2D eigenvalue weighted by molar-refractivity contribution is -0.326. The summed E-state index contributed by atoms with van der Waals surface area (Å²) < 4.78 is 17.0. The summed E-state index contributed by atoms with van der Waals surface area (Å²) in [6.45, 7) is 0.450. The van der Waals surface area contributed by atoms with Gasteiger partial charge in [0.25, 0.3) is 0 Å². The molecule has 5 nitrogen and oxygen atoms in total. The van der Waals surface area contributed by atoms with E-state index < -0.39 is 11.4 Å². The Hall–Kier alpha value is -1.06. The fraction of sp³-hybridized carbons (Fsp3) is 0.357. The standard InChI is InChI=1S/C14H12BrFN2O3S/c15-6-1-2-9(16)7(3-6)13-4-8(13)10-11(14(19,20)21)17-12(22)18(10)5-13/h1-3,8,19-21H,4-5H2,(H,17,22)/t8?,13-/m1/s1. The lowest BCUT2D eigenvalue weighted by atomic mass is 9.93. The van der Waals surface area contributed by atoms with Crippen LogP contribution in [0.25, 0.3) is 0 Å². The number of halogens is 2. The number of nitrogens with zero attached hydrogens (tertiary/aromatic N) is 1. The van der Waals surface area contributed by atoms with Crippen LogP contribution in [0.15, 0.2) is 22.7 Å². The van der Waals surface area contributed by atoms with Crippen molar-refractivity contribution >= 4 is 28.1 Å². The number of rotatable bonds is 2. The van der Waals surface area contributed by atoms with E-state index >= 15 is 0 Å². The molecule has 2 aliphatic rings. The summed E-state index contributed by atoms with van der Waals surface area (Å²) in [7, 11) is 0. The average molecular weight is 387 g/mol. The van der Waals surface area contributed by atoms with Crippen LogP contribution in [0.5, 0.6) is 0 Å². The van der Waals surface area contributed by atoms with Crippen molar-refractivity contribution in [2.75, 3.05) is 0 Å². The van der Waals surface area contributed by atoms with E-state index in [4.69, 9.17) is 12.2 Å². The van der Waals surface area contributed by atoms with Crippen LogP contribution in [-0.2, 0) is 17.9 Å². The number of aromatic amines is 1. The Morgan fingerprint density at radius 3 is 2.82 bits per heavy atom. The van der Waals surface area contributed by atoms with Crippen LogP contribution in [0, 0.1) is 10.6 Å². The van der Waals surface area contributed by atoms with Gasteiger partial charge in [-0.2, -0.15) is 0 Å². The van der Waals surface area contributed by atoms with Crippen LogP contribution >= 0.6 is 28.1 Å². The van der Waals surface area contributed by atoms with E-state index in [1.54, 1.807) is 16.7 Å². The molecule has 0 bridgehead atoms. The van der Waals surface area contributed by atoms with Crippen molar-refractivity contribution in [3.05, 3.63) is 50.2 Å². The van der Waals surface area contributed by atoms with E-state index in [1.807, 2.05) is 0 Å². The minimum absolute atomic E-state index is 0.106. The molecule has 4 N–H and O–H groups in total. The smallest absolute Gasteiger partial charge is 0.321 e. The molecular weight excluding hydrogens is 375 g/mol. The Kier molecular flexibility index (Phi) is 2.82. The second-order valence-corrected chi connectivity index (χ2v) is 7.25. The maximum absolute atomic E-state index is 14.2. The second kappa shape index (κ2) is 4.27. The molecular formula is C14H12BrFN2O3S. The molecule has 1 aliphatic carbocycles. The number of nitrogens with one attached hydrogen (secondary N) is 1. The van der Waals surface area contributed by atoms with E-state index in [0.717, 1.165) is 4.47 Å². The zero-order valence-electron chi connectivity index (χ0n) is 11.2. The van der Waals surface area contributed by atoms with Gasteiger partial charge in [-0.05, 0) is 42.4 Å². The van der Waals surface area contributed by atoms with E-state index in [1.165, 1.54) is 6.07 Å². The summed E-state index contributed by atoms with van der Waals surface area (Å²) >= 11 is 8.52. The Morgan fingerprint density at radius 1 is 1.41 bits per heavy atom. The Balaban J connectivity index is 1.86. The van der Waals surface area contributed by atoms with E-state index in [0.29, 0.717) is 24.2 Å². The zero-order valence-corrected chi connectivity index (χ0v) is 13.6. The first-order chi connectivity index (χ1) is 10.2. The van der Waals surface area contributed by atoms with Crippen LogP contribution in [0.1, 0.15) is 29.3 Å². The Labute approximate surface area is 138 Å². The van der Waals surface area contributed by atoms with Gasteiger partial charge in [-0.15, -0.1) is 0 Å². The van der Waals surface area contributed by atoms with Gasteiger partial charge in [-0.3, -0.25) is 0 Å². The summed E-state index contributed by atoms with van der Waals surface area (Å²) in [5.41, 5.74) is 0.552. The summed E-state index contributed by atoms with van der Waals surface area (Å²) in [5.74, 6) is -3.39. The van der Waals surface area contributed by atoms with Crippen LogP contribution in [0.2, 0.25) is 0 Å². The molecule has 1 aromatic heterocycles. The Morgan fingerprint density at radius 2 is 2.14 bits per heavy atom. The third-order valence-electron chi connectivity index (χ3n) is 4.67. The quantitative estimate of drug-likeness (QED) is 0.469. The van der Waals surface area contributed by atoms with Crippen LogP contribution in [0.4, 0.5) is 4.39 Å². The largest absolute Gasteiger partial charge is 0.339 e. The van der Waals surface area contributed by atoms with Crippen LogP contribution in [-0.4, -0.2) is 24.9 Å². The van der Waals surface area contributed by atoms with Crippen molar-refractivity contribution in [3.8, 4) is 0 Å². The zero-order chi connectivity index (χ0) is 15.9. The predicted molar refractivity (Wildman–Crippen MR) is 81.1 cm³/mol. The number of benzene rings is 1. The molecule has 2 heterocycles. The summed E-state index contributed by atoms with van der Waals surface area (Å²) in [4.78, 5) is 2.63. The van der Waals surface area contributed by atoms with Crippen molar-refractivity contribution in [3.63, 3.8) is 0 Å². The molecule has 8 heteroatoms. The van der Waals surface area contributed by atoms with E-state index in [-0.39, 0.29) is 22.2 Å². The number of fused-ring (bicyclic) bond motifs is 3. The van der Waals surface area contributed by atoms with Crippen molar-refractivity contribution in [2.45, 2.75) is 30.3 Å². The molecule has 1 saturated carbocycles. The molecule has 2 atom stereocenters. The number of hydrogen-bond acceptors (Lipinski definition) is 4. The van der Waals surface area contributed by atoms with Gasteiger partial charge in [0.15, 0.2) is 4.77 Å². The third-order valence-corrected chi connectivity index (χ3v) is 5.49. The third kappa shape index (κ3) is 1.82. The lowest BCUT2D eigenvalue weighted by Crippen LogP contribution is -2.26. The van der Waals surface area contributed by atoms with Gasteiger partial charge in [0.2, 0.25) is 0 Å². The minimum Gasteiger partial charge on any atom is -0.339 e. The molecule has 0 spiro atoms. The molecule has 4 rings (SSSR count). The normalized spacial score (nSPS) is 26.0. The van der Waals surface area contributed by atoms with Crippen molar-refractivity contribution in [1.29, 1.82) is 0 Å². The van der Waals surface area contributed by atoms with Gasteiger partial charge >= 0.3 is 5.97 Å². The molecule has 0 amide bonds. The summed E-state index contributed by atoms with van der Waals surface area (Å²) in [6.07, 6.45) is 0.677. The fourth-order valence-corrected chi connectivity index (χ4v) is 4.27. The van der Waals surface area contributed by atoms with Gasteiger partial charge in [-0.25, -0.2) is 4.39 Å². The van der Waals surface area contributed by atoms with E-state index in [9.17, 15) is 19.7 Å². The average Bonchev–Trinajstić information content (AvgIpc) is 2.90. The van der Waals surface area contributed by atoms with Gasteiger partial charge in [0, 0.05) is 22.4 Å². The van der Waals surface area contributed by atoms with Gasteiger partial charge in [0.1, 0.15) is 11.5 Å². The molecule has 1 unspecified atom stereocenters. The molecule has 1 fully saturated rings. The molecule has 0 radical (unpaired) electrons. The molecule has 0 saturated heterocycles. The van der Waals surface area contributed by atoms with Gasteiger partial charge in [0.05, 0.1) is 5.69 Å². The van der Waals surface area contributed by atoms with Gasteiger partial charge in [-0.1, -0.05) is 15.9 Å². The second-order valence-electron chi connectivity index (χ2n) is 5.95. The first-order valence-corrected chi connectivity index (χ1v) is 7.90. The highest BCUT2D eigenvalue weighted by Crippen LogP contribution is 2.66. The number of hydrogen-bond donors (Lipinski definition) is 4. The van der Waals surface area contributed by atoms with Crippen LogP contribution in [0.3, 0.4) is 0 Å². The minimum atomic E-state index is -2.98. The highest BCUT2D eigenvalue weighted by Gasteiger charge is 2.64. The van der Waals surface area contributed by atoms with Gasteiger partial charge < -0.3 is 24.9 Å². The lowest BCUT2D eigenvalue weighted by Gasteiger charge is -2.15. The number of aromatic nitrogens is 2. The topological polar surface area (TPSA) is 81.4 Å². The number of aliphatic hydroxyl groups is 3.